The lowest BCUT2D eigenvalue weighted by molar-refractivity contribution is -0.224. The zero-order chi connectivity index (χ0) is 35.2. The Labute approximate surface area is 287 Å². The van der Waals surface area contributed by atoms with Crippen LogP contribution in [0.2, 0.25) is 0 Å². The van der Waals surface area contributed by atoms with Gasteiger partial charge in [0.05, 0.1) is 6.10 Å². The zero-order valence-corrected chi connectivity index (χ0v) is 29.0. The number of aliphatic hydroxyl groups is 1. The van der Waals surface area contributed by atoms with Gasteiger partial charge in [-0.05, 0) is 51.5 Å². The van der Waals surface area contributed by atoms with Crippen LogP contribution in [0.3, 0.4) is 0 Å². The first-order valence-electron chi connectivity index (χ1n) is 18.2. The molecule has 0 aliphatic carbocycles. The van der Waals surface area contributed by atoms with E-state index in [-0.39, 0.29) is 24.1 Å². The molecular weight excluding hydrogens is 634 g/mol. The number of hydrogen-bond donors (Lipinski definition) is 5. The highest BCUT2D eigenvalue weighted by Gasteiger charge is 2.42. The Morgan fingerprint density at radius 2 is 1.73 bits per heavy atom. The molecule has 0 bridgehead atoms. The minimum absolute atomic E-state index is 0.0147. The van der Waals surface area contributed by atoms with Crippen LogP contribution in [0.15, 0.2) is 33.7 Å². The molecule has 3 aliphatic heterocycles. The van der Waals surface area contributed by atoms with E-state index in [9.17, 15) is 29.1 Å². The highest BCUT2D eigenvalue weighted by molar-refractivity contribution is 5.95. The van der Waals surface area contributed by atoms with E-state index < -0.39 is 59.9 Å². The van der Waals surface area contributed by atoms with Gasteiger partial charge in [0.25, 0.3) is 17.4 Å². The molecule has 0 aromatic carbocycles. The van der Waals surface area contributed by atoms with Crippen LogP contribution in [0, 0.1) is 0 Å². The molecule has 3 amide bonds. The Morgan fingerprint density at radius 1 is 1.02 bits per heavy atom. The number of nitrogens with one attached hydrogen (secondary N) is 4. The number of aliphatic hydroxyl groups excluding tert-OH is 1. The van der Waals surface area contributed by atoms with E-state index in [4.69, 9.17) is 14.2 Å². The van der Waals surface area contributed by atoms with Crippen molar-refractivity contribution in [2.75, 3.05) is 6.54 Å². The van der Waals surface area contributed by atoms with E-state index in [1.54, 1.807) is 0 Å². The highest BCUT2D eigenvalue weighted by atomic mass is 16.7. The van der Waals surface area contributed by atoms with Gasteiger partial charge in [0.2, 0.25) is 12.2 Å². The number of carbonyl (C=O) groups is 3. The van der Waals surface area contributed by atoms with Gasteiger partial charge in [-0.1, -0.05) is 64.7 Å². The fraction of sp³-hybridized carbons (Fsp3) is 0.743. The molecule has 0 saturated carbocycles. The molecule has 1 aromatic heterocycles. The van der Waals surface area contributed by atoms with E-state index in [1.165, 1.54) is 61.4 Å². The molecule has 4 rings (SSSR count). The first-order valence-corrected chi connectivity index (χ1v) is 18.2. The monoisotopic (exact) mass is 689 g/mol. The molecule has 3 aliphatic rings. The second-order valence-electron chi connectivity index (χ2n) is 13.5. The molecule has 5 N–H and O–H groups in total. The number of rotatable bonds is 18. The van der Waals surface area contributed by atoms with Crippen LogP contribution in [-0.2, 0) is 28.6 Å². The van der Waals surface area contributed by atoms with Crippen molar-refractivity contribution in [2.24, 2.45) is 0 Å². The lowest BCUT2D eigenvalue weighted by Crippen LogP contribution is -2.51. The van der Waals surface area contributed by atoms with Crippen molar-refractivity contribution in [2.45, 2.75) is 159 Å². The summed E-state index contributed by atoms with van der Waals surface area (Å²) in [5.74, 6) is -1.46. The zero-order valence-electron chi connectivity index (χ0n) is 29.0. The third-order valence-corrected chi connectivity index (χ3v) is 9.36. The molecule has 0 radical (unpaired) electrons. The van der Waals surface area contributed by atoms with Crippen molar-refractivity contribution in [3.63, 3.8) is 0 Å². The second-order valence-corrected chi connectivity index (χ2v) is 13.5. The van der Waals surface area contributed by atoms with E-state index >= 15 is 0 Å². The average molecular weight is 690 g/mol. The SMILES string of the molecule is CCCCCCCCCCCCNC(=O)C(OC1OC(C(=O)NC2CCCC(C)NC2=O)=CC[C@@H]1O)C1CCC(n2ccc(=O)[nH]c2=O)O1. The van der Waals surface area contributed by atoms with Crippen LogP contribution in [0.4, 0.5) is 0 Å². The fourth-order valence-electron chi connectivity index (χ4n) is 6.51. The number of aromatic nitrogens is 2. The molecule has 6 unspecified atom stereocenters. The van der Waals surface area contributed by atoms with Crippen LogP contribution >= 0.6 is 0 Å². The summed E-state index contributed by atoms with van der Waals surface area (Å²) < 4.78 is 19.3. The molecule has 274 valence electrons. The molecule has 1 aromatic rings. The summed E-state index contributed by atoms with van der Waals surface area (Å²) >= 11 is 0. The molecule has 14 heteroatoms. The summed E-state index contributed by atoms with van der Waals surface area (Å²) in [6.07, 6.45) is 11.8. The molecule has 4 heterocycles. The number of hydrogen-bond acceptors (Lipinski definition) is 9. The van der Waals surface area contributed by atoms with Crippen LogP contribution in [0.5, 0.6) is 0 Å². The van der Waals surface area contributed by atoms with Crippen molar-refractivity contribution in [1.29, 1.82) is 0 Å². The van der Waals surface area contributed by atoms with Crippen LogP contribution in [0.25, 0.3) is 0 Å². The number of ether oxygens (including phenoxy) is 3. The number of aromatic amines is 1. The number of unbranched alkanes of at least 4 members (excludes halogenated alkanes) is 9. The Morgan fingerprint density at radius 3 is 2.45 bits per heavy atom. The fourth-order valence-corrected chi connectivity index (χ4v) is 6.51. The third-order valence-electron chi connectivity index (χ3n) is 9.36. The van der Waals surface area contributed by atoms with Crippen molar-refractivity contribution in [3.8, 4) is 0 Å². The van der Waals surface area contributed by atoms with Gasteiger partial charge in [-0.3, -0.25) is 28.7 Å². The van der Waals surface area contributed by atoms with Crippen molar-refractivity contribution in [1.82, 2.24) is 25.5 Å². The van der Waals surface area contributed by atoms with Crippen LogP contribution < -0.4 is 27.2 Å². The Kier molecular flexibility index (Phi) is 15.4. The largest absolute Gasteiger partial charge is 0.457 e. The van der Waals surface area contributed by atoms with Gasteiger partial charge in [0.1, 0.15) is 18.4 Å². The van der Waals surface area contributed by atoms with E-state index in [0.29, 0.717) is 25.8 Å². The Bertz CT molecular complexity index is 1380. The lowest BCUT2D eigenvalue weighted by Gasteiger charge is -2.33. The molecule has 0 spiro atoms. The third kappa shape index (κ3) is 11.8. The predicted molar refractivity (Wildman–Crippen MR) is 181 cm³/mol. The normalized spacial score (nSPS) is 26.2. The van der Waals surface area contributed by atoms with Gasteiger partial charge in [0, 0.05) is 31.3 Å². The molecule has 2 saturated heterocycles. The topological polar surface area (TPSA) is 190 Å². The summed E-state index contributed by atoms with van der Waals surface area (Å²) in [6.45, 7) is 4.55. The number of H-pyrrole nitrogens is 1. The van der Waals surface area contributed by atoms with Gasteiger partial charge < -0.3 is 35.3 Å². The van der Waals surface area contributed by atoms with Crippen molar-refractivity contribution < 1.29 is 33.7 Å². The number of carbonyl (C=O) groups excluding carboxylic acids is 3. The lowest BCUT2D eigenvalue weighted by atomic mass is 10.1. The maximum absolute atomic E-state index is 13.6. The summed E-state index contributed by atoms with van der Waals surface area (Å²) in [5, 5.41) is 19.3. The van der Waals surface area contributed by atoms with E-state index in [2.05, 4.69) is 27.9 Å². The standard InChI is InChI=1S/C35H55N5O9/c1-3-4-5-6-7-8-9-10-11-12-21-36-33(45)30(26-18-19-29(47-26)40-22-20-28(42)39-35(40)46)49-34-25(41)16-17-27(48-34)32(44)38-24-15-13-14-23(2)37-31(24)43/h17,20,22-26,29-30,34,41H,3-16,18-19,21H2,1-2H3,(H,36,45)(H,37,43)(H,38,44)(H,39,42,46)/t23?,24?,25-,26?,29?,30?,34?/m0/s1. The van der Waals surface area contributed by atoms with E-state index in [0.717, 1.165) is 38.5 Å². The maximum Gasteiger partial charge on any atom is 0.330 e. The van der Waals surface area contributed by atoms with E-state index in [1.807, 2.05) is 6.92 Å². The Balaban J connectivity index is 1.35. The van der Waals surface area contributed by atoms with Gasteiger partial charge in [-0.25, -0.2) is 4.79 Å². The van der Waals surface area contributed by atoms with Gasteiger partial charge in [-0.15, -0.1) is 0 Å². The minimum atomic E-state index is -1.37. The van der Waals surface area contributed by atoms with Crippen LogP contribution in [-0.4, -0.2) is 75.6 Å². The number of nitrogens with zero attached hydrogens (tertiary/aromatic N) is 1. The van der Waals surface area contributed by atoms with Crippen molar-refractivity contribution >= 4 is 17.7 Å². The number of amides is 3. The Hall–Kier alpha value is -3.49. The van der Waals surface area contributed by atoms with Gasteiger partial charge >= 0.3 is 5.69 Å². The molecule has 7 atom stereocenters. The molecule has 2 fully saturated rings. The molecular formula is C35H55N5O9. The second kappa shape index (κ2) is 19.6. The highest BCUT2D eigenvalue weighted by Crippen LogP contribution is 2.32. The van der Waals surface area contributed by atoms with Gasteiger partial charge in [-0.2, -0.15) is 0 Å². The summed E-state index contributed by atoms with van der Waals surface area (Å²) in [6, 6.07) is 0.508. The predicted octanol–water partition coefficient (Wildman–Crippen LogP) is 2.80. The minimum Gasteiger partial charge on any atom is -0.457 e. The molecule has 49 heavy (non-hydrogen) atoms. The summed E-state index contributed by atoms with van der Waals surface area (Å²) in [4.78, 5) is 65.5. The smallest absolute Gasteiger partial charge is 0.330 e. The van der Waals surface area contributed by atoms with Crippen molar-refractivity contribution in [3.05, 3.63) is 44.9 Å². The summed E-state index contributed by atoms with van der Waals surface area (Å²) in [5.41, 5.74) is -1.17. The summed E-state index contributed by atoms with van der Waals surface area (Å²) in [7, 11) is 0. The first-order chi connectivity index (χ1) is 23.7. The van der Waals surface area contributed by atoms with Gasteiger partial charge in [0.15, 0.2) is 11.9 Å². The average Bonchev–Trinajstić information content (AvgIpc) is 3.49. The first kappa shape index (κ1) is 38.3. The molecule has 14 nitrogen and oxygen atoms in total. The van der Waals surface area contributed by atoms with Crippen LogP contribution in [0.1, 0.15) is 123 Å². The quantitative estimate of drug-likeness (QED) is 0.144. The maximum atomic E-state index is 13.6.